The summed E-state index contributed by atoms with van der Waals surface area (Å²) in [5.41, 5.74) is 1.45. The van der Waals surface area contributed by atoms with Crippen molar-refractivity contribution >= 4 is 6.09 Å². The van der Waals surface area contributed by atoms with Gasteiger partial charge in [0.1, 0.15) is 11.4 Å². The fraction of sp³-hybridized carbons (Fsp3) is 0.588. The normalized spacial score (nSPS) is 15.3. The Morgan fingerprint density at radius 2 is 2.18 bits per heavy atom. The molecule has 0 radical (unpaired) electrons. The Labute approximate surface area is 131 Å². The minimum Gasteiger partial charge on any atom is -0.444 e. The number of nitrogens with one attached hydrogen (secondary N) is 1. The van der Waals surface area contributed by atoms with Gasteiger partial charge >= 0.3 is 6.09 Å². The monoisotopic (exact) mass is 308 g/mol. The van der Waals surface area contributed by atoms with Crippen LogP contribution in [-0.4, -0.2) is 36.2 Å². The lowest BCUT2D eigenvalue weighted by Crippen LogP contribution is -2.36. The molecule has 2 rings (SSSR count). The molecule has 0 unspecified atom stereocenters. The van der Waals surface area contributed by atoms with Gasteiger partial charge in [0, 0.05) is 31.7 Å². The van der Waals surface area contributed by atoms with Crippen molar-refractivity contribution in [2.75, 3.05) is 19.6 Å². The van der Waals surface area contributed by atoms with Gasteiger partial charge in [-0.1, -0.05) is 12.1 Å². The van der Waals surface area contributed by atoms with Crippen LogP contribution >= 0.6 is 0 Å². The van der Waals surface area contributed by atoms with Gasteiger partial charge in [-0.25, -0.2) is 9.18 Å². The van der Waals surface area contributed by atoms with Gasteiger partial charge in [0.2, 0.25) is 0 Å². The number of nitrogens with zero attached hydrogens (tertiary/aromatic N) is 1. The quantitative estimate of drug-likeness (QED) is 0.869. The van der Waals surface area contributed by atoms with Crippen molar-refractivity contribution in [3.63, 3.8) is 0 Å². The first-order valence-corrected chi connectivity index (χ1v) is 7.80. The first kappa shape index (κ1) is 16.7. The molecular weight excluding hydrogens is 283 g/mol. The van der Waals surface area contributed by atoms with Crippen LogP contribution in [0.3, 0.4) is 0 Å². The average molecular weight is 308 g/mol. The van der Waals surface area contributed by atoms with E-state index in [2.05, 4.69) is 10.2 Å². The number of hydrogen-bond donors (Lipinski definition) is 1. The van der Waals surface area contributed by atoms with Crippen molar-refractivity contribution in [3.8, 4) is 0 Å². The maximum Gasteiger partial charge on any atom is 0.407 e. The van der Waals surface area contributed by atoms with E-state index in [-0.39, 0.29) is 11.9 Å². The first-order valence-electron chi connectivity index (χ1n) is 7.80. The van der Waals surface area contributed by atoms with Crippen LogP contribution in [0.5, 0.6) is 0 Å². The number of alkyl carbamates (subject to hydrolysis) is 1. The molecule has 0 fully saturated rings. The zero-order valence-corrected chi connectivity index (χ0v) is 13.6. The van der Waals surface area contributed by atoms with E-state index in [9.17, 15) is 9.18 Å². The number of rotatable bonds is 4. The molecule has 0 aromatic heterocycles. The molecular formula is C17H25FN2O2. The van der Waals surface area contributed by atoms with Crippen LogP contribution in [0.25, 0.3) is 0 Å². The van der Waals surface area contributed by atoms with Gasteiger partial charge < -0.3 is 10.1 Å². The molecule has 1 heterocycles. The highest BCUT2D eigenvalue weighted by Crippen LogP contribution is 2.21. The van der Waals surface area contributed by atoms with Crippen LogP contribution in [0.4, 0.5) is 9.18 Å². The van der Waals surface area contributed by atoms with E-state index in [0.717, 1.165) is 37.1 Å². The lowest BCUT2D eigenvalue weighted by molar-refractivity contribution is 0.0525. The summed E-state index contributed by atoms with van der Waals surface area (Å²) in [6, 6.07) is 5.29. The number of ether oxygens (including phenoxy) is 1. The predicted octanol–water partition coefficient (Wildman–Crippen LogP) is 3.10. The number of fused-ring (bicyclic) bond motifs is 1. The van der Waals surface area contributed by atoms with E-state index < -0.39 is 5.60 Å². The largest absolute Gasteiger partial charge is 0.444 e. The molecule has 1 aliphatic rings. The second-order valence-corrected chi connectivity index (χ2v) is 6.69. The van der Waals surface area contributed by atoms with Crippen molar-refractivity contribution in [1.82, 2.24) is 10.2 Å². The predicted molar refractivity (Wildman–Crippen MR) is 84.2 cm³/mol. The Morgan fingerprint density at radius 1 is 1.41 bits per heavy atom. The lowest BCUT2D eigenvalue weighted by Gasteiger charge is -2.29. The van der Waals surface area contributed by atoms with Crippen molar-refractivity contribution < 1.29 is 13.9 Å². The first-order chi connectivity index (χ1) is 10.3. The number of hydrogen-bond acceptors (Lipinski definition) is 3. The summed E-state index contributed by atoms with van der Waals surface area (Å²) in [5, 5.41) is 2.75. The second kappa shape index (κ2) is 7.09. The molecule has 4 nitrogen and oxygen atoms in total. The van der Waals surface area contributed by atoms with Crippen LogP contribution in [0.15, 0.2) is 18.2 Å². The summed E-state index contributed by atoms with van der Waals surface area (Å²) in [5.74, 6) is -0.117. The lowest BCUT2D eigenvalue weighted by atomic mass is 9.99. The molecule has 1 aromatic carbocycles. The molecule has 22 heavy (non-hydrogen) atoms. The van der Waals surface area contributed by atoms with Gasteiger partial charge in [0.15, 0.2) is 0 Å². The fourth-order valence-electron chi connectivity index (χ4n) is 2.59. The second-order valence-electron chi connectivity index (χ2n) is 6.69. The van der Waals surface area contributed by atoms with Gasteiger partial charge in [-0.05, 0) is 45.2 Å². The zero-order valence-electron chi connectivity index (χ0n) is 13.6. The molecule has 0 bridgehead atoms. The molecule has 5 heteroatoms. The van der Waals surface area contributed by atoms with Crippen LogP contribution < -0.4 is 5.32 Å². The summed E-state index contributed by atoms with van der Waals surface area (Å²) >= 11 is 0. The molecule has 0 saturated heterocycles. The summed E-state index contributed by atoms with van der Waals surface area (Å²) in [6.45, 7) is 8.50. The van der Waals surface area contributed by atoms with Crippen molar-refractivity contribution in [1.29, 1.82) is 0 Å². The van der Waals surface area contributed by atoms with E-state index in [1.54, 1.807) is 6.07 Å². The van der Waals surface area contributed by atoms with Crippen molar-refractivity contribution in [3.05, 3.63) is 35.1 Å². The van der Waals surface area contributed by atoms with E-state index in [1.165, 1.54) is 6.07 Å². The summed E-state index contributed by atoms with van der Waals surface area (Å²) in [6.07, 6.45) is 1.32. The van der Waals surface area contributed by atoms with E-state index in [4.69, 9.17) is 4.74 Å². The summed E-state index contributed by atoms with van der Waals surface area (Å²) in [4.78, 5) is 13.7. The third-order valence-corrected chi connectivity index (χ3v) is 3.61. The molecule has 0 spiro atoms. The summed E-state index contributed by atoms with van der Waals surface area (Å²) < 4.78 is 19.0. The van der Waals surface area contributed by atoms with Crippen molar-refractivity contribution in [2.45, 2.75) is 45.8 Å². The molecule has 0 aliphatic carbocycles. The minimum absolute atomic E-state index is 0.117. The third-order valence-electron chi connectivity index (χ3n) is 3.61. The Bertz CT molecular complexity index is 526. The number of halogens is 1. The maximum atomic E-state index is 13.8. The molecule has 1 N–H and O–H groups in total. The topological polar surface area (TPSA) is 41.6 Å². The average Bonchev–Trinajstić information content (AvgIpc) is 2.42. The highest BCUT2D eigenvalue weighted by molar-refractivity contribution is 5.67. The summed E-state index contributed by atoms with van der Waals surface area (Å²) in [7, 11) is 0. The number of benzene rings is 1. The molecule has 1 amide bonds. The molecule has 122 valence electrons. The number of carbonyl (C=O) groups is 1. The van der Waals surface area contributed by atoms with Gasteiger partial charge in [-0.3, -0.25) is 4.90 Å². The number of carbonyl (C=O) groups excluding carboxylic acids is 1. The van der Waals surface area contributed by atoms with Crippen molar-refractivity contribution in [2.24, 2.45) is 0 Å². The highest BCUT2D eigenvalue weighted by Gasteiger charge is 2.19. The van der Waals surface area contributed by atoms with Crippen LogP contribution in [0, 0.1) is 5.82 Å². The molecule has 0 saturated carbocycles. The molecule has 1 aliphatic heterocycles. The minimum atomic E-state index is -0.474. The zero-order chi connectivity index (χ0) is 16.2. The van der Waals surface area contributed by atoms with Gasteiger partial charge in [-0.15, -0.1) is 0 Å². The Kier molecular flexibility index (Phi) is 5.40. The Hall–Kier alpha value is -1.62. The third kappa shape index (κ3) is 4.98. The number of amides is 1. The van der Waals surface area contributed by atoms with E-state index in [0.29, 0.717) is 13.1 Å². The smallest absolute Gasteiger partial charge is 0.407 e. The SMILES string of the molecule is CC(C)(C)OC(=O)NCCCN1CCc2cccc(F)c2C1. The molecule has 1 aromatic rings. The Morgan fingerprint density at radius 3 is 2.91 bits per heavy atom. The van der Waals surface area contributed by atoms with Gasteiger partial charge in [0.25, 0.3) is 0 Å². The van der Waals surface area contributed by atoms with Gasteiger partial charge in [-0.2, -0.15) is 0 Å². The highest BCUT2D eigenvalue weighted by atomic mass is 19.1. The Balaban J connectivity index is 1.71. The molecule has 0 atom stereocenters. The van der Waals surface area contributed by atoms with Crippen LogP contribution in [0.1, 0.15) is 38.3 Å². The fourth-order valence-corrected chi connectivity index (χ4v) is 2.59. The standard InChI is InChI=1S/C17H25FN2O2/c1-17(2,3)22-16(21)19-9-5-10-20-11-8-13-6-4-7-15(18)14(13)12-20/h4,6-7H,5,8-12H2,1-3H3,(H,19,21). The van der Waals surface area contributed by atoms with E-state index >= 15 is 0 Å². The van der Waals surface area contributed by atoms with Crippen LogP contribution in [0.2, 0.25) is 0 Å². The van der Waals surface area contributed by atoms with Crippen LogP contribution in [-0.2, 0) is 17.7 Å². The maximum absolute atomic E-state index is 13.8. The van der Waals surface area contributed by atoms with Gasteiger partial charge in [0.05, 0.1) is 0 Å². The van der Waals surface area contributed by atoms with E-state index in [1.807, 2.05) is 26.8 Å².